The minimum atomic E-state index is -6.18. The van der Waals surface area contributed by atoms with Gasteiger partial charge in [-0.05, 0) is 6.07 Å². The number of carbonyl (C=O) groups excluding carboxylic acids is 1. The molecule has 0 radical (unpaired) electrons. The second kappa shape index (κ2) is 9.87. The van der Waals surface area contributed by atoms with E-state index in [0.29, 0.717) is 4.57 Å². The molecule has 32 heavy (non-hydrogen) atoms. The van der Waals surface area contributed by atoms with Crippen LogP contribution < -0.4 is 30.6 Å². The molecule has 1 aliphatic rings. The highest BCUT2D eigenvalue weighted by atomic mass is 31.3. The molecular formula is C11H14N3O15P3-4. The predicted octanol–water partition coefficient (Wildman–Crippen LogP) is -4.36. The number of carbonyl (C=O) groups is 1. The number of phosphoric acid groups is 3. The molecule has 182 valence electrons. The Hall–Kier alpha value is -1.36. The molecule has 21 heteroatoms. The molecule has 6 atom stereocenters. The molecule has 1 amide bonds. The van der Waals surface area contributed by atoms with Crippen molar-refractivity contribution in [2.75, 3.05) is 11.9 Å². The molecule has 3 unspecified atom stereocenters. The van der Waals surface area contributed by atoms with Gasteiger partial charge >= 0.3 is 5.69 Å². The molecule has 0 spiro atoms. The summed E-state index contributed by atoms with van der Waals surface area (Å²) in [5.41, 5.74) is -1.03. The number of aromatic nitrogens is 2. The van der Waals surface area contributed by atoms with E-state index < -0.39 is 66.2 Å². The Balaban J connectivity index is 2.07. The number of phosphoric ester groups is 1. The molecule has 2 rings (SSSR count). The van der Waals surface area contributed by atoms with Crippen LogP contribution in [-0.2, 0) is 36.4 Å². The lowest BCUT2D eigenvalue weighted by atomic mass is 10.1. The van der Waals surface area contributed by atoms with Crippen molar-refractivity contribution in [1.82, 2.24) is 9.55 Å². The summed E-state index contributed by atoms with van der Waals surface area (Å²) in [5.74, 6) is -0.647. The minimum Gasteiger partial charge on any atom is -0.790 e. The number of anilines is 1. The maximum absolute atomic E-state index is 12.1. The van der Waals surface area contributed by atoms with E-state index in [1.807, 2.05) is 0 Å². The van der Waals surface area contributed by atoms with E-state index in [1.54, 1.807) is 0 Å². The van der Waals surface area contributed by atoms with Gasteiger partial charge in [-0.1, -0.05) is 0 Å². The molecule has 0 bridgehead atoms. The van der Waals surface area contributed by atoms with Gasteiger partial charge in [-0.3, -0.25) is 22.8 Å². The highest BCUT2D eigenvalue weighted by Crippen LogP contribution is 2.60. The Morgan fingerprint density at radius 3 is 2.34 bits per heavy atom. The highest BCUT2D eigenvalue weighted by molar-refractivity contribution is 7.64. The number of aliphatic hydroxyl groups is 2. The van der Waals surface area contributed by atoms with Crippen LogP contribution in [0.4, 0.5) is 5.82 Å². The topological polar surface area (TPSA) is 285 Å². The molecule has 0 aliphatic carbocycles. The van der Waals surface area contributed by atoms with Gasteiger partial charge in [-0.2, -0.15) is 4.98 Å². The summed E-state index contributed by atoms with van der Waals surface area (Å²) in [6.45, 7) is -0.0115. The Morgan fingerprint density at radius 1 is 1.19 bits per heavy atom. The van der Waals surface area contributed by atoms with E-state index in [0.717, 1.165) is 19.2 Å². The second-order valence-electron chi connectivity index (χ2n) is 6.03. The fourth-order valence-electron chi connectivity index (χ4n) is 2.40. The Labute approximate surface area is 177 Å². The van der Waals surface area contributed by atoms with E-state index >= 15 is 0 Å². The van der Waals surface area contributed by atoms with Gasteiger partial charge in [0.15, 0.2) is 6.23 Å². The lowest BCUT2D eigenvalue weighted by Gasteiger charge is -2.37. The smallest absolute Gasteiger partial charge is 0.351 e. The van der Waals surface area contributed by atoms with Crippen molar-refractivity contribution < 1.29 is 66.2 Å². The summed E-state index contributed by atoms with van der Waals surface area (Å²) in [6, 6.07) is 1.16. The zero-order valence-corrected chi connectivity index (χ0v) is 18.3. The molecular weight excluding hydrogens is 507 g/mol. The third kappa shape index (κ3) is 7.60. The first kappa shape index (κ1) is 26.9. The van der Waals surface area contributed by atoms with Gasteiger partial charge in [0, 0.05) is 13.1 Å². The first-order chi connectivity index (χ1) is 14.5. The van der Waals surface area contributed by atoms with Gasteiger partial charge in [-0.25, -0.2) is 9.11 Å². The van der Waals surface area contributed by atoms with Crippen LogP contribution in [0.5, 0.6) is 0 Å². The third-order valence-electron chi connectivity index (χ3n) is 3.54. The maximum atomic E-state index is 12.1. The molecule has 0 saturated carbocycles. The zero-order chi connectivity index (χ0) is 24.5. The van der Waals surface area contributed by atoms with Crippen LogP contribution in [0.15, 0.2) is 17.1 Å². The summed E-state index contributed by atoms with van der Waals surface area (Å²) < 4.78 is 49.3. The zero-order valence-electron chi connectivity index (χ0n) is 15.6. The summed E-state index contributed by atoms with van der Waals surface area (Å²) in [7, 11) is -18.2. The molecule has 2 heterocycles. The summed E-state index contributed by atoms with van der Waals surface area (Å²) in [5, 5.41) is 22.3. The fraction of sp³-hybridized carbons (Fsp3) is 0.545. The average Bonchev–Trinajstić information content (AvgIpc) is 2.85. The van der Waals surface area contributed by atoms with Crippen LogP contribution in [0.25, 0.3) is 0 Å². The van der Waals surface area contributed by atoms with Crippen LogP contribution in [-0.4, -0.2) is 50.6 Å². The lowest BCUT2D eigenvalue weighted by Crippen LogP contribution is -2.36. The summed E-state index contributed by atoms with van der Waals surface area (Å²) in [6.07, 6.45) is -5.90. The van der Waals surface area contributed by atoms with Gasteiger partial charge in [0.1, 0.15) is 24.1 Å². The van der Waals surface area contributed by atoms with Crippen LogP contribution >= 0.6 is 23.5 Å². The Kier molecular flexibility index (Phi) is 8.29. The molecule has 1 aliphatic heterocycles. The number of rotatable bonds is 9. The van der Waals surface area contributed by atoms with Crippen molar-refractivity contribution in [3.63, 3.8) is 0 Å². The van der Waals surface area contributed by atoms with E-state index in [1.165, 1.54) is 0 Å². The van der Waals surface area contributed by atoms with Crippen molar-refractivity contribution >= 4 is 35.2 Å². The Bertz CT molecular complexity index is 1050. The van der Waals surface area contributed by atoms with E-state index in [9.17, 15) is 53.1 Å². The van der Waals surface area contributed by atoms with Gasteiger partial charge in [0.2, 0.25) is 5.91 Å². The predicted molar refractivity (Wildman–Crippen MR) is 89.7 cm³/mol. The number of nitrogens with one attached hydrogen (secondary N) is 1. The summed E-state index contributed by atoms with van der Waals surface area (Å²) >= 11 is 0. The van der Waals surface area contributed by atoms with E-state index in [-0.39, 0.29) is 5.82 Å². The first-order valence-corrected chi connectivity index (χ1v) is 12.5. The van der Waals surface area contributed by atoms with E-state index in [4.69, 9.17) is 4.74 Å². The van der Waals surface area contributed by atoms with Crippen molar-refractivity contribution in [3.05, 3.63) is 22.7 Å². The SMILES string of the molecule is CC(=O)Nc1ccn([C@@H]2O[C@H](COP(=O)([O-])OP(=O)([O-])OP(=O)([O-])[O-])C(O)[C@@H]2O)c(=O)n1. The van der Waals surface area contributed by atoms with Crippen molar-refractivity contribution in [1.29, 1.82) is 0 Å². The van der Waals surface area contributed by atoms with Gasteiger partial charge in [0.25, 0.3) is 15.6 Å². The number of ether oxygens (including phenoxy) is 1. The number of amides is 1. The average molecular weight is 521 g/mol. The van der Waals surface area contributed by atoms with Gasteiger partial charge < -0.3 is 48.9 Å². The molecule has 1 aromatic rings. The first-order valence-electron chi connectivity index (χ1n) is 8.09. The van der Waals surface area contributed by atoms with Gasteiger partial charge in [0.05, 0.1) is 14.4 Å². The van der Waals surface area contributed by atoms with Crippen molar-refractivity contribution in [2.24, 2.45) is 0 Å². The highest BCUT2D eigenvalue weighted by Gasteiger charge is 2.44. The lowest BCUT2D eigenvalue weighted by molar-refractivity contribution is -0.339. The molecule has 0 aromatic carbocycles. The minimum absolute atomic E-state index is 0.124. The molecule has 3 N–H and O–H groups in total. The molecule has 1 aromatic heterocycles. The molecule has 1 fully saturated rings. The van der Waals surface area contributed by atoms with Crippen molar-refractivity contribution in [2.45, 2.75) is 31.5 Å². The standard InChI is InChI=1S/C11H18N3O15P3/c1-5(15)12-7-2-3-14(11(18)13-7)10-9(17)8(16)6(27-10)4-26-31(22,23)29-32(24,25)28-30(19,20)21/h2-3,6,8-10,16-17H,4H2,1H3,(H,22,23)(H,24,25)(H2,19,20,21)(H,12,13,15,18)/p-4/t6-,8?,9+,10-/m1/s1. The van der Waals surface area contributed by atoms with Crippen LogP contribution in [0.3, 0.4) is 0 Å². The number of hydrogen-bond donors (Lipinski definition) is 3. The Morgan fingerprint density at radius 2 is 1.81 bits per heavy atom. The molecule has 1 saturated heterocycles. The van der Waals surface area contributed by atoms with E-state index in [2.05, 4.69) is 23.4 Å². The fourth-order valence-corrected chi connectivity index (χ4v) is 5.27. The number of hydrogen-bond acceptors (Lipinski definition) is 16. The van der Waals surface area contributed by atoms with Crippen molar-refractivity contribution in [3.8, 4) is 0 Å². The maximum Gasteiger partial charge on any atom is 0.351 e. The van der Waals surface area contributed by atoms with Crippen LogP contribution in [0.2, 0.25) is 0 Å². The molecule has 18 nitrogen and oxygen atoms in total. The number of aliphatic hydroxyl groups excluding tert-OH is 2. The van der Waals surface area contributed by atoms with Crippen LogP contribution in [0, 0.1) is 0 Å². The number of nitrogens with zero attached hydrogens (tertiary/aromatic N) is 2. The second-order valence-corrected chi connectivity index (χ2v) is 10.3. The normalized spacial score (nSPS) is 27.5. The quantitative estimate of drug-likeness (QED) is 0.259. The summed E-state index contributed by atoms with van der Waals surface area (Å²) in [4.78, 5) is 69.8. The third-order valence-corrected chi connectivity index (χ3v) is 7.21. The monoisotopic (exact) mass is 521 g/mol. The largest absolute Gasteiger partial charge is 0.790 e. The van der Waals surface area contributed by atoms with Crippen LogP contribution in [0.1, 0.15) is 13.2 Å². The van der Waals surface area contributed by atoms with Gasteiger partial charge in [-0.15, -0.1) is 0 Å².